The summed E-state index contributed by atoms with van der Waals surface area (Å²) in [6, 6.07) is 18.7. The zero-order valence-electron chi connectivity index (χ0n) is 21.1. The Morgan fingerprint density at radius 2 is 1.41 bits per heavy atom. The molecule has 8 nitrogen and oxygen atoms in total. The van der Waals surface area contributed by atoms with Gasteiger partial charge in [0.15, 0.2) is 5.78 Å². The number of carbonyl (C=O) groups is 4. The van der Waals surface area contributed by atoms with Gasteiger partial charge in [0.1, 0.15) is 0 Å². The van der Waals surface area contributed by atoms with Crippen molar-refractivity contribution in [1.29, 1.82) is 0 Å². The van der Waals surface area contributed by atoms with E-state index in [0.29, 0.717) is 43.9 Å². The number of piperazine rings is 1. The Hall–Kier alpha value is -4.04. The van der Waals surface area contributed by atoms with E-state index in [-0.39, 0.29) is 36.5 Å². The molecule has 37 heavy (non-hydrogen) atoms. The Morgan fingerprint density at radius 1 is 0.811 bits per heavy atom. The van der Waals surface area contributed by atoms with Crippen LogP contribution in [0.5, 0.6) is 0 Å². The Morgan fingerprint density at radius 3 is 2.03 bits per heavy atom. The fraction of sp³-hybridized carbons (Fsp3) is 0.310. The van der Waals surface area contributed by atoms with Crippen LogP contribution < -0.4 is 0 Å². The molecule has 0 saturated carbocycles. The highest BCUT2D eigenvalue weighted by Gasteiger charge is 2.35. The molecule has 0 N–H and O–H groups in total. The molecule has 2 aliphatic heterocycles. The fourth-order valence-electron chi connectivity index (χ4n) is 5.27. The van der Waals surface area contributed by atoms with Crippen LogP contribution in [0.1, 0.15) is 48.9 Å². The first-order valence-corrected chi connectivity index (χ1v) is 12.6. The predicted molar refractivity (Wildman–Crippen MR) is 139 cm³/mol. The second-order valence-electron chi connectivity index (χ2n) is 9.59. The van der Waals surface area contributed by atoms with E-state index in [1.807, 2.05) is 50.2 Å². The molecule has 2 aliphatic rings. The Labute approximate surface area is 216 Å². The van der Waals surface area contributed by atoms with E-state index >= 15 is 0 Å². The summed E-state index contributed by atoms with van der Waals surface area (Å²) >= 11 is 0. The average Bonchev–Trinajstić information content (AvgIpc) is 3.35. The van der Waals surface area contributed by atoms with E-state index in [4.69, 9.17) is 0 Å². The third kappa shape index (κ3) is 4.72. The Balaban J connectivity index is 1.13. The van der Waals surface area contributed by atoms with Crippen molar-refractivity contribution in [2.45, 2.75) is 20.3 Å². The number of hydrogen-bond acceptors (Lipinski definition) is 5. The number of para-hydroxylation sites is 1. The van der Waals surface area contributed by atoms with Gasteiger partial charge in [-0.15, -0.1) is 0 Å². The Bertz CT molecular complexity index is 1330. The maximum atomic E-state index is 13.1. The monoisotopic (exact) mass is 498 g/mol. The van der Waals surface area contributed by atoms with E-state index < -0.39 is 0 Å². The quantitative estimate of drug-likeness (QED) is 0.369. The smallest absolute Gasteiger partial charge is 0.261 e. The second kappa shape index (κ2) is 10.1. The van der Waals surface area contributed by atoms with Gasteiger partial charge in [0, 0.05) is 61.8 Å². The number of imide groups is 1. The van der Waals surface area contributed by atoms with Crippen LogP contribution in [0.25, 0.3) is 5.69 Å². The molecule has 190 valence electrons. The molecule has 2 aromatic carbocycles. The zero-order valence-corrected chi connectivity index (χ0v) is 21.1. The van der Waals surface area contributed by atoms with E-state index in [1.165, 1.54) is 0 Å². The average molecular weight is 499 g/mol. The van der Waals surface area contributed by atoms with Gasteiger partial charge in [-0.25, -0.2) is 0 Å². The summed E-state index contributed by atoms with van der Waals surface area (Å²) in [6.07, 6.45) is 0.0931. The third-order valence-electron chi connectivity index (χ3n) is 7.27. The first-order chi connectivity index (χ1) is 17.8. The van der Waals surface area contributed by atoms with Crippen molar-refractivity contribution in [3.05, 3.63) is 88.7 Å². The maximum absolute atomic E-state index is 13.1. The summed E-state index contributed by atoms with van der Waals surface area (Å²) in [5, 5.41) is 0. The lowest BCUT2D eigenvalue weighted by molar-refractivity contribution is -0.132. The molecule has 0 bridgehead atoms. The predicted octanol–water partition coefficient (Wildman–Crippen LogP) is 3.11. The van der Waals surface area contributed by atoms with Gasteiger partial charge < -0.3 is 9.47 Å². The number of hydrogen-bond donors (Lipinski definition) is 0. The Kier molecular flexibility index (Phi) is 6.76. The molecule has 3 amide bonds. The lowest BCUT2D eigenvalue weighted by atomic mass is 10.1. The van der Waals surface area contributed by atoms with Crippen LogP contribution in [0.4, 0.5) is 0 Å². The van der Waals surface area contributed by atoms with Gasteiger partial charge in [0.2, 0.25) is 5.91 Å². The number of nitrogens with zero attached hydrogens (tertiary/aromatic N) is 4. The normalized spacial score (nSPS) is 15.8. The number of rotatable bonds is 7. The minimum absolute atomic E-state index is 0.0701. The zero-order chi connectivity index (χ0) is 26.1. The van der Waals surface area contributed by atoms with Gasteiger partial charge in [-0.3, -0.25) is 29.0 Å². The van der Waals surface area contributed by atoms with Gasteiger partial charge in [-0.2, -0.15) is 0 Å². The topological polar surface area (TPSA) is 82.9 Å². The first kappa shape index (κ1) is 24.6. The van der Waals surface area contributed by atoms with Crippen LogP contribution in [-0.4, -0.2) is 82.0 Å². The standard InChI is InChI=1S/C29H30N4O4/c1-20-18-25(21(2)33(20)22-8-4-3-5-9-22)26(34)19-30-14-16-31(17-15-30)27(35)12-13-32-28(36)23-10-6-7-11-24(23)29(32)37/h3-11,18H,12-17,19H2,1-2H3. The van der Waals surface area contributed by atoms with Gasteiger partial charge in [-0.1, -0.05) is 30.3 Å². The number of carbonyl (C=O) groups excluding carboxylic acids is 4. The fourth-order valence-corrected chi connectivity index (χ4v) is 5.27. The molecule has 1 fully saturated rings. The van der Waals surface area contributed by atoms with Gasteiger partial charge in [0.05, 0.1) is 17.7 Å². The van der Waals surface area contributed by atoms with Crippen LogP contribution in [0, 0.1) is 13.8 Å². The lowest BCUT2D eigenvalue weighted by Gasteiger charge is -2.34. The molecular formula is C29H30N4O4. The maximum Gasteiger partial charge on any atom is 0.261 e. The number of benzene rings is 2. The molecule has 3 aromatic rings. The van der Waals surface area contributed by atoms with Crippen molar-refractivity contribution in [3.63, 3.8) is 0 Å². The molecule has 0 unspecified atom stereocenters. The van der Waals surface area contributed by atoms with E-state index in [9.17, 15) is 19.2 Å². The lowest BCUT2D eigenvalue weighted by Crippen LogP contribution is -2.50. The van der Waals surface area contributed by atoms with Crippen LogP contribution in [0.3, 0.4) is 0 Å². The SMILES string of the molecule is Cc1cc(C(=O)CN2CCN(C(=O)CCN3C(=O)c4ccccc4C3=O)CC2)c(C)n1-c1ccccc1. The highest BCUT2D eigenvalue weighted by Crippen LogP contribution is 2.23. The van der Waals surface area contributed by atoms with E-state index in [0.717, 1.165) is 27.5 Å². The van der Waals surface area contributed by atoms with Crippen LogP contribution in [0.2, 0.25) is 0 Å². The van der Waals surface area contributed by atoms with Crippen LogP contribution in [-0.2, 0) is 4.79 Å². The molecular weight excluding hydrogens is 468 g/mol. The van der Waals surface area contributed by atoms with Crippen LogP contribution in [0.15, 0.2) is 60.7 Å². The highest BCUT2D eigenvalue weighted by molar-refractivity contribution is 6.21. The van der Waals surface area contributed by atoms with Crippen molar-refractivity contribution in [3.8, 4) is 5.69 Å². The number of aryl methyl sites for hydroxylation is 1. The van der Waals surface area contributed by atoms with Gasteiger partial charge in [0.25, 0.3) is 11.8 Å². The highest BCUT2D eigenvalue weighted by atomic mass is 16.2. The molecule has 5 rings (SSSR count). The molecule has 0 aliphatic carbocycles. The third-order valence-corrected chi connectivity index (χ3v) is 7.27. The summed E-state index contributed by atoms with van der Waals surface area (Å²) < 4.78 is 2.10. The van der Waals surface area contributed by atoms with Crippen molar-refractivity contribution in [2.75, 3.05) is 39.3 Å². The van der Waals surface area contributed by atoms with E-state index in [2.05, 4.69) is 9.47 Å². The number of ketones is 1. The van der Waals surface area contributed by atoms with Crippen molar-refractivity contribution >= 4 is 23.5 Å². The summed E-state index contributed by atoms with van der Waals surface area (Å²) in [6.45, 7) is 6.57. The largest absolute Gasteiger partial charge is 0.340 e. The molecule has 8 heteroatoms. The van der Waals surface area contributed by atoms with Gasteiger partial charge >= 0.3 is 0 Å². The minimum atomic E-state index is -0.344. The van der Waals surface area contributed by atoms with Gasteiger partial charge in [-0.05, 0) is 44.2 Å². The van der Waals surface area contributed by atoms with E-state index in [1.54, 1.807) is 29.2 Å². The van der Waals surface area contributed by atoms with Crippen LogP contribution >= 0.6 is 0 Å². The summed E-state index contributed by atoms with van der Waals surface area (Å²) in [5.74, 6) is -0.707. The minimum Gasteiger partial charge on any atom is -0.340 e. The molecule has 1 aromatic heterocycles. The molecule has 0 radical (unpaired) electrons. The molecule has 3 heterocycles. The van der Waals surface area contributed by atoms with Crippen molar-refractivity contribution in [2.24, 2.45) is 0 Å². The summed E-state index contributed by atoms with van der Waals surface area (Å²) in [4.78, 5) is 56.0. The first-order valence-electron chi connectivity index (χ1n) is 12.6. The summed E-state index contributed by atoms with van der Waals surface area (Å²) in [5.41, 5.74) is 4.48. The second-order valence-corrected chi connectivity index (χ2v) is 9.59. The number of Topliss-reactive ketones (excluding diaryl/α,β-unsaturated/α-hetero) is 1. The molecule has 1 saturated heterocycles. The van der Waals surface area contributed by atoms with Crippen molar-refractivity contribution < 1.29 is 19.2 Å². The van der Waals surface area contributed by atoms with Crippen molar-refractivity contribution in [1.82, 2.24) is 19.3 Å². The number of amides is 3. The molecule has 0 spiro atoms. The summed E-state index contributed by atoms with van der Waals surface area (Å²) in [7, 11) is 0. The number of aromatic nitrogens is 1. The molecule has 0 atom stereocenters. The number of fused-ring (bicyclic) bond motifs is 1.